The summed E-state index contributed by atoms with van der Waals surface area (Å²) in [5.74, 6) is 1.63. The quantitative estimate of drug-likeness (QED) is 0.722. The van der Waals surface area contributed by atoms with Gasteiger partial charge in [-0.25, -0.2) is 4.98 Å². The van der Waals surface area contributed by atoms with E-state index in [-0.39, 0.29) is 0 Å². The van der Waals surface area contributed by atoms with Crippen LogP contribution in [0.25, 0.3) is 0 Å². The number of hydrogen-bond acceptors (Lipinski definition) is 3. The van der Waals surface area contributed by atoms with Crippen molar-refractivity contribution in [1.82, 2.24) is 4.98 Å². The van der Waals surface area contributed by atoms with Crippen molar-refractivity contribution in [2.75, 3.05) is 10.6 Å². The molecule has 0 radical (unpaired) electrons. The molecule has 3 heteroatoms. The lowest BCUT2D eigenvalue weighted by atomic mass is 10.3. The van der Waals surface area contributed by atoms with Crippen molar-refractivity contribution in [3.63, 3.8) is 0 Å². The van der Waals surface area contributed by atoms with E-state index in [1.165, 1.54) is 0 Å². The first-order valence-electron chi connectivity index (χ1n) is 6.51. The molecule has 3 rings (SSSR count). The topological polar surface area (TPSA) is 37.0 Å². The number of pyridine rings is 1. The van der Waals surface area contributed by atoms with E-state index in [0.29, 0.717) is 0 Å². The van der Waals surface area contributed by atoms with Crippen LogP contribution in [0, 0.1) is 0 Å². The van der Waals surface area contributed by atoms with Gasteiger partial charge in [0.05, 0.1) is 0 Å². The maximum atomic E-state index is 4.54. The first-order valence-corrected chi connectivity index (χ1v) is 6.51. The van der Waals surface area contributed by atoms with Crippen molar-refractivity contribution < 1.29 is 0 Å². The third-order valence-electron chi connectivity index (χ3n) is 2.84. The smallest absolute Gasteiger partial charge is 0.132 e. The van der Waals surface area contributed by atoms with Crippen LogP contribution >= 0.6 is 0 Å². The molecule has 1 aromatic heterocycles. The summed E-state index contributed by atoms with van der Waals surface area (Å²) in [6, 6.07) is 25.9. The minimum atomic E-state index is 0.817. The molecule has 0 aliphatic rings. The van der Waals surface area contributed by atoms with Gasteiger partial charge in [0, 0.05) is 11.4 Å². The highest BCUT2D eigenvalue weighted by Crippen LogP contribution is 2.18. The fourth-order valence-electron chi connectivity index (χ4n) is 1.91. The van der Waals surface area contributed by atoms with Gasteiger partial charge >= 0.3 is 0 Å². The van der Waals surface area contributed by atoms with Crippen LogP contribution in [0.3, 0.4) is 0 Å². The Balaban J connectivity index is 1.76. The van der Waals surface area contributed by atoms with Crippen molar-refractivity contribution in [3.8, 4) is 0 Å². The predicted octanol–water partition coefficient (Wildman–Crippen LogP) is 4.57. The molecule has 0 aliphatic carbocycles. The summed E-state index contributed by atoms with van der Waals surface area (Å²) in [6.07, 6.45) is 0. The number of anilines is 4. The molecule has 0 unspecified atom stereocenters. The summed E-state index contributed by atoms with van der Waals surface area (Å²) >= 11 is 0. The molecule has 0 saturated carbocycles. The number of para-hydroxylation sites is 2. The highest BCUT2D eigenvalue weighted by molar-refractivity contribution is 5.61. The van der Waals surface area contributed by atoms with Gasteiger partial charge in [-0.1, -0.05) is 42.5 Å². The van der Waals surface area contributed by atoms with Crippen LogP contribution in [0.4, 0.5) is 23.0 Å². The molecule has 0 aliphatic heterocycles. The minimum Gasteiger partial charge on any atom is -0.340 e. The molecule has 3 nitrogen and oxygen atoms in total. The van der Waals surface area contributed by atoms with E-state index in [0.717, 1.165) is 23.0 Å². The fourth-order valence-corrected chi connectivity index (χ4v) is 1.91. The van der Waals surface area contributed by atoms with Crippen molar-refractivity contribution in [3.05, 3.63) is 78.9 Å². The normalized spacial score (nSPS) is 10.0. The van der Waals surface area contributed by atoms with Crippen LogP contribution in [-0.2, 0) is 0 Å². The van der Waals surface area contributed by atoms with Gasteiger partial charge in [0.2, 0.25) is 0 Å². The van der Waals surface area contributed by atoms with Gasteiger partial charge in [0.1, 0.15) is 11.6 Å². The monoisotopic (exact) mass is 261 g/mol. The van der Waals surface area contributed by atoms with Gasteiger partial charge in [0.15, 0.2) is 0 Å². The van der Waals surface area contributed by atoms with Crippen LogP contribution in [0.2, 0.25) is 0 Å². The zero-order chi connectivity index (χ0) is 13.6. The molecule has 0 amide bonds. The molecule has 2 aromatic carbocycles. The molecule has 98 valence electrons. The van der Waals surface area contributed by atoms with Gasteiger partial charge < -0.3 is 10.6 Å². The Morgan fingerprint density at radius 3 is 1.40 bits per heavy atom. The Labute approximate surface area is 118 Å². The molecule has 0 fully saturated rings. The average molecular weight is 261 g/mol. The molecule has 0 bridgehead atoms. The van der Waals surface area contributed by atoms with Crippen molar-refractivity contribution in [2.45, 2.75) is 0 Å². The molecule has 2 N–H and O–H groups in total. The van der Waals surface area contributed by atoms with Gasteiger partial charge in [-0.3, -0.25) is 0 Å². The number of rotatable bonds is 4. The van der Waals surface area contributed by atoms with E-state index >= 15 is 0 Å². The van der Waals surface area contributed by atoms with Crippen LogP contribution in [-0.4, -0.2) is 4.98 Å². The van der Waals surface area contributed by atoms with E-state index in [4.69, 9.17) is 0 Å². The molecule has 0 saturated heterocycles. The molecular formula is C17H15N3. The average Bonchev–Trinajstić information content (AvgIpc) is 2.50. The largest absolute Gasteiger partial charge is 0.340 e. The van der Waals surface area contributed by atoms with E-state index in [9.17, 15) is 0 Å². The molecular weight excluding hydrogens is 246 g/mol. The predicted molar refractivity (Wildman–Crippen MR) is 83.7 cm³/mol. The van der Waals surface area contributed by atoms with Gasteiger partial charge in [-0.05, 0) is 36.4 Å². The fraction of sp³-hybridized carbons (Fsp3) is 0. The third-order valence-corrected chi connectivity index (χ3v) is 2.84. The third kappa shape index (κ3) is 3.14. The molecule has 1 heterocycles. The number of aromatic nitrogens is 1. The molecule has 20 heavy (non-hydrogen) atoms. The van der Waals surface area contributed by atoms with Gasteiger partial charge in [-0.2, -0.15) is 0 Å². The summed E-state index contributed by atoms with van der Waals surface area (Å²) in [5, 5.41) is 6.56. The summed E-state index contributed by atoms with van der Waals surface area (Å²) in [6.45, 7) is 0. The summed E-state index contributed by atoms with van der Waals surface area (Å²) < 4.78 is 0. The second-order valence-corrected chi connectivity index (χ2v) is 4.39. The zero-order valence-electron chi connectivity index (χ0n) is 11.0. The number of nitrogens with zero attached hydrogens (tertiary/aromatic N) is 1. The second-order valence-electron chi connectivity index (χ2n) is 4.39. The highest BCUT2D eigenvalue weighted by Gasteiger charge is 1.99. The van der Waals surface area contributed by atoms with E-state index in [1.807, 2.05) is 78.9 Å². The Kier molecular flexibility index (Phi) is 3.60. The summed E-state index contributed by atoms with van der Waals surface area (Å²) in [7, 11) is 0. The molecule has 0 spiro atoms. The lowest BCUT2D eigenvalue weighted by Crippen LogP contribution is -1.97. The Morgan fingerprint density at radius 2 is 0.950 bits per heavy atom. The van der Waals surface area contributed by atoms with E-state index in [2.05, 4.69) is 15.6 Å². The van der Waals surface area contributed by atoms with Crippen molar-refractivity contribution in [1.29, 1.82) is 0 Å². The first kappa shape index (κ1) is 12.2. The van der Waals surface area contributed by atoms with Crippen LogP contribution in [0.15, 0.2) is 78.9 Å². The van der Waals surface area contributed by atoms with Crippen LogP contribution in [0.1, 0.15) is 0 Å². The number of hydrogen-bond donors (Lipinski definition) is 2. The maximum Gasteiger partial charge on any atom is 0.132 e. The lowest BCUT2D eigenvalue weighted by molar-refractivity contribution is 1.29. The Bertz CT molecular complexity index is 609. The number of benzene rings is 2. The van der Waals surface area contributed by atoms with Crippen molar-refractivity contribution in [2.24, 2.45) is 0 Å². The zero-order valence-corrected chi connectivity index (χ0v) is 11.0. The van der Waals surface area contributed by atoms with Gasteiger partial charge in [-0.15, -0.1) is 0 Å². The van der Waals surface area contributed by atoms with Gasteiger partial charge in [0.25, 0.3) is 0 Å². The lowest BCUT2D eigenvalue weighted by Gasteiger charge is -2.09. The summed E-state index contributed by atoms with van der Waals surface area (Å²) in [4.78, 5) is 4.54. The molecule has 3 aromatic rings. The highest BCUT2D eigenvalue weighted by atomic mass is 15.1. The first-order chi connectivity index (χ1) is 9.90. The van der Waals surface area contributed by atoms with Crippen LogP contribution < -0.4 is 10.6 Å². The van der Waals surface area contributed by atoms with Crippen molar-refractivity contribution >= 4 is 23.0 Å². The molecule has 0 atom stereocenters. The number of nitrogens with one attached hydrogen (secondary N) is 2. The Morgan fingerprint density at radius 1 is 0.500 bits per heavy atom. The van der Waals surface area contributed by atoms with E-state index < -0.39 is 0 Å². The Hall–Kier alpha value is -2.81. The second kappa shape index (κ2) is 5.89. The standard InChI is InChI=1S/C17H15N3/c1-3-8-14(9-4-1)18-16-12-7-13-17(20-16)19-15-10-5-2-6-11-15/h1-13H,(H2,18,19,20). The van der Waals surface area contributed by atoms with E-state index in [1.54, 1.807) is 0 Å². The maximum absolute atomic E-state index is 4.54. The SMILES string of the molecule is c1ccc(Nc2cccc(Nc3ccccc3)n2)cc1. The summed E-state index contributed by atoms with van der Waals surface area (Å²) in [5.41, 5.74) is 2.05. The van der Waals surface area contributed by atoms with Crippen LogP contribution in [0.5, 0.6) is 0 Å². The minimum absolute atomic E-state index is 0.817.